The van der Waals surface area contributed by atoms with Crippen molar-refractivity contribution in [2.45, 2.75) is 0 Å². The Balaban J connectivity index is 1.12. The van der Waals surface area contributed by atoms with Crippen molar-refractivity contribution in [3.63, 3.8) is 0 Å². The van der Waals surface area contributed by atoms with Gasteiger partial charge < -0.3 is 8.98 Å². The van der Waals surface area contributed by atoms with Crippen LogP contribution >= 0.6 is 0 Å². The van der Waals surface area contributed by atoms with Crippen molar-refractivity contribution >= 4 is 82.6 Å². The summed E-state index contributed by atoms with van der Waals surface area (Å²) in [4.78, 5) is 18.4. The van der Waals surface area contributed by atoms with Gasteiger partial charge in [-0.15, -0.1) is 0 Å². The minimum atomic E-state index is 0.528. The van der Waals surface area contributed by atoms with Crippen LogP contribution in [0.5, 0.6) is 0 Å². The monoisotopic (exact) mass is 753 g/mol. The molecule has 3 aromatic heterocycles. The quantitative estimate of drug-likeness (QED) is 0.179. The molecule has 0 bridgehead atoms. The van der Waals surface area contributed by atoms with E-state index < -0.39 is 0 Å². The molecule has 13 rings (SSSR count). The van der Waals surface area contributed by atoms with Crippen molar-refractivity contribution in [1.82, 2.24) is 19.5 Å². The maximum Gasteiger partial charge on any atom is 0.238 e. The summed E-state index contributed by atoms with van der Waals surface area (Å²) in [7, 11) is 0. The molecule has 0 N–H and O–H groups in total. The average Bonchev–Trinajstić information content (AvgIpc) is 3.84. The number of fused-ring (bicyclic) bond motifs is 9. The lowest BCUT2D eigenvalue weighted by Gasteiger charge is -2.32. The molecule has 0 unspecified atom stereocenters. The molecule has 0 spiro atoms. The van der Waals surface area contributed by atoms with Crippen molar-refractivity contribution in [3.8, 4) is 39.6 Å². The molecular formula is C53H31N5O. The largest absolute Gasteiger partial charge is 0.455 e. The molecule has 6 heteroatoms. The van der Waals surface area contributed by atoms with Crippen molar-refractivity contribution in [3.05, 3.63) is 188 Å². The van der Waals surface area contributed by atoms with Crippen molar-refractivity contribution in [2.75, 3.05) is 4.90 Å². The molecule has 0 saturated carbocycles. The van der Waals surface area contributed by atoms with Crippen LogP contribution in [0.2, 0.25) is 0 Å². The van der Waals surface area contributed by atoms with Crippen LogP contribution in [0.4, 0.5) is 17.3 Å². The van der Waals surface area contributed by atoms with Gasteiger partial charge in [0, 0.05) is 43.7 Å². The van der Waals surface area contributed by atoms with Crippen molar-refractivity contribution in [2.24, 2.45) is 0 Å². The van der Waals surface area contributed by atoms with Crippen molar-refractivity contribution in [1.29, 1.82) is 0 Å². The third-order valence-electron chi connectivity index (χ3n) is 11.9. The number of aromatic nitrogens is 4. The second-order valence-corrected chi connectivity index (χ2v) is 15.2. The lowest BCUT2D eigenvalue weighted by Crippen LogP contribution is -2.19. The fourth-order valence-electron chi connectivity index (χ4n) is 9.31. The number of nitrogens with zero attached hydrogens (tertiary/aromatic N) is 5. The van der Waals surface area contributed by atoms with Gasteiger partial charge in [-0.3, -0.25) is 4.90 Å². The molecular weight excluding hydrogens is 723 g/mol. The summed E-state index contributed by atoms with van der Waals surface area (Å²) in [6.07, 6.45) is 0. The van der Waals surface area contributed by atoms with Crippen LogP contribution in [-0.2, 0) is 0 Å². The van der Waals surface area contributed by atoms with Gasteiger partial charge in [-0.1, -0.05) is 133 Å². The van der Waals surface area contributed by atoms with E-state index in [2.05, 4.69) is 179 Å². The molecule has 59 heavy (non-hydrogen) atoms. The molecule has 0 amide bonds. The fraction of sp³-hybridized carbons (Fsp3) is 0. The minimum absolute atomic E-state index is 0.528. The Bertz CT molecular complexity index is 3690. The molecule has 4 heterocycles. The number of para-hydroxylation sites is 4. The van der Waals surface area contributed by atoms with Gasteiger partial charge in [0.1, 0.15) is 11.2 Å². The molecule has 12 aromatic rings. The van der Waals surface area contributed by atoms with Gasteiger partial charge in [-0.2, -0.15) is 9.97 Å². The molecule has 6 nitrogen and oxygen atoms in total. The summed E-state index contributed by atoms with van der Waals surface area (Å²) in [5, 5.41) is 9.06. The van der Waals surface area contributed by atoms with Gasteiger partial charge in [0.05, 0.1) is 28.0 Å². The highest BCUT2D eigenvalue weighted by Gasteiger charge is 2.30. The van der Waals surface area contributed by atoms with E-state index in [1.807, 2.05) is 18.2 Å². The first kappa shape index (κ1) is 32.0. The zero-order chi connectivity index (χ0) is 38.6. The van der Waals surface area contributed by atoms with Crippen LogP contribution in [0, 0.1) is 0 Å². The topological polar surface area (TPSA) is 60.0 Å². The molecule has 1 aliphatic rings. The highest BCUT2D eigenvalue weighted by Crippen LogP contribution is 2.51. The molecule has 0 aliphatic carbocycles. The maximum absolute atomic E-state index is 6.61. The number of hydrogen-bond donors (Lipinski definition) is 0. The number of furan rings is 1. The predicted molar refractivity (Wildman–Crippen MR) is 241 cm³/mol. The third kappa shape index (κ3) is 4.71. The van der Waals surface area contributed by atoms with Crippen LogP contribution < -0.4 is 4.90 Å². The number of hydrogen-bond acceptors (Lipinski definition) is 5. The normalized spacial score (nSPS) is 12.4. The van der Waals surface area contributed by atoms with Crippen molar-refractivity contribution < 1.29 is 4.42 Å². The molecule has 0 fully saturated rings. The van der Waals surface area contributed by atoms with Gasteiger partial charge in [0.25, 0.3) is 0 Å². The lowest BCUT2D eigenvalue weighted by atomic mass is 9.90. The fourth-order valence-corrected chi connectivity index (χ4v) is 9.31. The highest BCUT2D eigenvalue weighted by atomic mass is 16.3. The number of rotatable bonds is 4. The minimum Gasteiger partial charge on any atom is -0.455 e. The zero-order valence-corrected chi connectivity index (χ0v) is 31.5. The van der Waals surface area contributed by atoms with Gasteiger partial charge in [-0.05, 0) is 76.3 Å². The summed E-state index contributed by atoms with van der Waals surface area (Å²) in [6.45, 7) is 0. The maximum atomic E-state index is 6.61. The SMILES string of the molecule is c1ccc(-n2c3ccccc3c3ccc(-c4nc(-c5cccc6c5oc5ccccc56)nc(N5c6cc7ccccc7cc6-c6cccc7cccc5c67)n4)cc32)cc1. The second-order valence-electron chi connectivity index (χ2n) is 15.2. The Hall–Kier alpha value is -8.09. The lowest BCUT2D eigenvalue weighted by molar-refractivity contribution is 0.669. The Kier molecular flexibility index (Phi) is 6.63. The van der Waals surface area contributed by atoms with Crippen LogP contribution in [0.3, 0.4) is 0 Å². The van der Waals surface area contributed by atoms with Gasteiger partial charge in [-0.25, -0.2) is 4.98 Å². The molecule has 0 atom stereocenters. The van der Waals surface area contributed by atoms with E-state index >= 15 is 0 Å². The Morgan fingerprint density at radius 3 is 1.98 bits per heavy atom. The summed E-state index contributed by atoms with van der Waals surface area (Å²) in [5.41, 5.74) is 10.9. The van der Waals surface area contributed by atoms with E-state index in [0.29, 0.717) is 17.6 Å². The predicted octanol–water partition coefficient (Wildman–Crippen LogP) is 14.0. The first-order chi connectivity index (χ1) is 29.2. The summed E-state index contributed by atoms with van der Waals surface area (Å²) in [5.74, 6) is 1.63. The van der Waals surface area contributed by atoms with E-state index in [9.17, 15) is 0 Å². The Morgan fingerprint density at radius 1 is 0.407 bits per heavy atom. The Morgan fingerprint density at radius 2 is 1.08 bits per heavy atom. The Labute approximate surface area is 337 Å². The number of benzene rings is 9. The van der Waals surface area contributed by atoms with E-state index in [-0.39, 0.29) is 0 Å². The van der Waals surface area contributed by atoms with Crippen LogP contribution in [0.25, 0.3) is 105 Å². The van der Waals surface area contributed by atoms with E-state index in [1.54, 1.807) is 0 Å². The first-order valence-corrected chi connectivity index (χ1v) is 19.9. The van der Waals surface area contributed by atoms with Gasteiger partial charge in [0.2, 0.25) is 5.95 Å². The highest BCUT2D eigenvalue weighted by molar-refractivity contribution is 6.16. The summed E-state index contributed by atoms with van der Waals surface area (Å²) >= 11 is 0. The van der Waals surface area contributed by atoms with Crippen LogP contribution in [0.1, 0.15) is 0 Å². The standard InChI is InChI=1S/C53H31N5O/c1-2-17-36(18-3-1)57-44-24-8-6-19-37(44)38-28-27-35(31-46(38)57)51-54-52(42-23-12-22-41-39-20-7-9-26-48(39)59-50(41)42)56-53(55-51)58-45-25-11-16-32-15-10-21-40(49(32)45)43-29-33-13-4-5-14-34(33)30-47(43)58/h1-31H. The van der Waals surface area contributed by atoms with Crippen LogP contribution in [-0.4, -0.2) is 19.5 Å². The van der Waals surface area contributed by atoms with Gasteiger partial charge in [0.15, 0.2) is 11.6 Å². The molecule has 9 aromatic carbocycles. The molecule has 0 radical (unpaired) electrons. The third-order valence-corrected chi connectivity index (χ3v) is 11.9. The van der Waals surface area contributed by atoms with E-state index in [1.165, 1.54) is 16.3 Å². The molecule has 1 aliphatic heterocycles. The van der Waals surface area contributed by atoms with E-state index in [4.69, 9.17) is 19.4 Å². The van der Waals surface area contributed by atoms with Crippen LogP contribution in [0.15, 0.2) is 192 Å². The summed E-state index contributed by atoms with van der Waals surface area (Å²) < 4.78 is 8.93. The molecule has 0 saturated heterocycles. The first-order valence-electron chi connectivity index (χ1n) is 19.9. The smallest absolute Gasteiger partial charge is 0.238 e. The molecule has 274 valence electrons. The average molecular weight is 754 g/mol. The van der Waals surface area contributed by atoms with E-state index in [0.717, 1.165) is 88.3 Å². The zero-order valence-electron chi connectivity index (χ0n) is 31.5. The number of anilines is 3. The summed E-state index contributed by atoms with van der Waals surface area (Å²) in [6, 6.07) is 66.2. The second kappa shape index (κ2) is 12.2. The van der Waals surface area contributed by atoms with Gasteiger partial charge >= 0.3 is 0 Å².